The lowest BCUT2D eigenvalue weighted by Gasteiger charge is -2.31. The highest BCUT2D eigenvalue weighted by molar-refractivity contribution is 6.33. The maximum atomic E-state index is 12.4. The molecule has 4 nitrogen and oxygen atoms in total. The van der Waals surface area contributed by atoms with E-state index in [2.05, 4.69) is 22.5 Å². The molecule has 2 N–H and O–H groups in total. The Kier molecular flexibility index (Phi) is 5.24. The van der Waals surface area contributed by atoms with Gasteiger partial charge in [0.25, 0.3) is 5.91 Å². The van der Waals surface area contributed by atoms with Crippen LogP contribution in [0.3, 0.4) is 0 Å². The summed E-state index contributed by atoms with van der Waals surface area (Å²) in [6.07, 6.45) is 5.79. The summed E-state index contributed by atoms with van der Waals surface area (Å²) in [6, 6.07) is 3.71. The van der Waals surface area contributed by atoms with Crippen LogP contribution in [-0.4, -0.2) is 24.0 Å². The van der Waals surface area contributed by atoms with E-state index in [4.69, 9.17) is 11.6 Å². The molecular weight excluding hydrogens is 274 g/mol. The third-order valence-corrected chi connectivity index (χ3v) is 4.37. The van der Waals surface area contributed by atoms with Gasteiger partial charge in [-0.15, -0.1) is 0 Å². The number of aromatic nitrogens is 1. The van der Waals surface area contributed by atoms with E-state index in [0.717, 1.165) is 12.8 Å². The zero-order chi connectivity index (χ0) is 14.5. The average molecular weight is 296 g/mol. The molecule has 0 bridgehead atoms. The number of nitrogens with one attached hydrogen (secondary N) is 2. The fraction of sp³-hybridized carbons (Fsp3) is 0.600. The topological polar surface area (TPSA) is 54.0 Å². The van der Waals surface area contributed by atoms with Gasteiger partial charge in [-0.05, 0) is 30.9 Å². The third-order valence-electron chi connectivity index (χ3n) is 4.07. The van der Waals surface area contributed by atoms with E-state index in [-0.39, 0.29) is 11.9 Å². The molecule has 1 amide bonds. The third kappa shape index (κ3) is 3.42. The van der Waals surface area contributed by atoms with Gasteiger partial charge in [0.2, 0.25) is 0 Å². The van der Waals surface area contributed by atoms with Crippen molar-refractivity contribution in [2.75, 3.05) is 12.4 Å². The Morgan fingerprint density at radius 3 is 2.85 bits per heavy atom. The lowest BCUT2D eigenvalue weighted by atomic mass is 9.83. The first kappa shape index (κ1) is 15.1. The fourth-order valence-corrected chi connectivity index (χ4v) is 3.05. The molecule has 1 aromatic heterocycles. The van der Waals surface area contributed by atoms with E-state index < -0.39 is 0 Å². The number of carbonyl (C=O) groups is 1. The molecule has 1 aliphatic carbocycles. The molecule has 110 valence electrons. The Morgan fingerprint density at radius 2 is 2.15 bits per heavy atom. The minimum absolute atomic E-state index is 0.169. The van der Waals surface area contributed by atoms with Crippen molar-refractivity contribution >= 4 is 23.3 Å². The van der Waals surface area contributed by atoms with Crippen molar-refractivity contribution in [3.05, 3.63) is 22.8 Å². The van der Waals surface area contributed by atoms with Gasteiger partial charge < -0.3 is 10.6 Å². The molecule has 1 aliphatic rings. The second-order valence-corrected chi connectivity index (χ2v) is 5.72. The summed E-state index contributed by atoms with van der Waals surface area (Å²) in [7, 11) is 1.77. The van der Waals surface area contributed by atoms with Crippen LogP contribution in [0, 0.1) is 5.92 Å². The normalized spacial score (nSPS) is 22.4. The monoisotopic (exact) mass is 295 g/mol. The van der Waals surface area contributed by atoms with Crippen LogP contribution in [0.2, 0.25) is 5.02 Å². The molecule has 20 heavy (non-hydrogen) atoms. The summed E-state index contributed by atoms with van der Waals surface area (Å²) in [5.41, 5.74) is 0.305. The van der Waals surface area contributed by atoms with Gasteiger partial charge in [0.15, 0.2) is 0 Å². The van der Waals surface area contributed by atoms with Crippen molar-refractivity contribution in [2.45, 2.75) is 45.1 Å². The predicted octanol–water partition coefficient (Wildman–Crippen LogP) is 3.48. The van der Waals surface area contributed by atoms with E-state index in [1.165, 1.54) is 19.3 Å². The van der Waals surface area contributed by atoms with Crippen LogP contribution in [0.1, 0.15) is 49.5 Å². The van der Waals surface area contributed by atoms with Crippen molar-refractivity contribution in [3.8, 4) is 0 Å². The summed E-state index contributed by atoms with van der Waals surface area (Å²) in [4.78, 5) is 16.6. The minimum atomic E-state index is -0.169. The van der Waals surface area contributed by atoms with Gasteiger partial charge in [-0.25, -0.2) is 4.98 Å². The largest absolute Gasteiger partial charge is 0.373 e. The number of hydrogen-bond acceptors (Lipinski definition) is 3. The van der Waals surface area contributed by atoms with Crippen LogP contribution in [0.25, 0.3) is 0 Å². The zero-order valence-electron chi connectivity index (χ0n) is 12.1. The van der Waals surface area contributed by atoms with Gasteiger partial charge in [0.05, 0.1) is 5.02 Å². The van der Waals surface area contributed by atoms with Crippen molar-refractivity contribution in [1.82, 2.24) is 10.3 Å². The molecule has 0 radical (unpaired) electrons. The van der Waals surface area contributed by atoms with E-state index in [9.17, 15) is 4.79 Å². The maximum absolute atomic E-state index is 12.4. The van der Waals surface area contributed by atoms with Crippen molar-refractivity contribution in [3.63, 3.8) is 0 Å². The standard InChI is InChI=1S/C15H22ClN3O/c1-3-10-6-4-5-7-12(10)18-15(20)14-11(16)8-9-13(17-2)19-14/h8-10,12H,3-7H2,1-2H3,(H,17,19)(H,18,20). The molecule has 5 heteroatoms. The number of rotatable bonds is 4. The highest BCUT2D eigenvalue weighted by atomic mass is 35.5. The van der Waals surface area contributed by atoms with Crippen molar-refractivity contribution in [1.29, 1.82) is 0 Å². The molecule has 0 aromatic carbocycles. The van der Waals surface area contributed by atoms with Gasteiger partial charge in [-0.3, -0.25) is 4.79 Å². The van der Waals surface area contributed by atoms with Crippen LogP contribution in [0.15, 0.2) is 12.1 Å². The molecule has 0 spiro atoms. The van der Waals surface area contributed by atoms with Crippen LogP contribution in [0.4, 0.5) is 5.82 Å². The van der Waals surface area contributed by atoms with Gasteiger partial charge >= 0.3 is 0 Å². The summed E-state index contributed by atoms with van der Waals surface area (Å²) >= 11 is 6.08. The number of hydrogen-bond donors (Lipinski definition) is 2. The van der Waals surface area contributed by atoms with Gasteiger partial charge in [-0.2, -0.15) is 0 Å². The molecule has 2 unspecified atom stereocenters. The summed E-state index contributed by atoms with van der Waals surface area (Å²) in [5.74, 6) is 1.05. The van der Waals surface area contributed by atoms with E-state index in [1.807, 2.05) is 0 Å². The molecule has 2 atom stereocenters. The molecule has 0 saturated heterocycles. The van der Waals surface area contributed by atoms with Crippen LogP contribution < -0.4 is 10.6 Å². The van der Waals surface area contributed by atoms with Crippen LogP contribution >= 0.6 is 11.6 Å². The Bertz CT molecular complexity index is 478. The first-order valence-corrected chi connectivity index (χ1v) is 7.68. The number of pyridine rings is 1. The smallest absolute Gasteiger partial charge is 0.271 e. The van der Waals surface area contributed by atoms with E-state index in [1.54, 1.807) is 19.2 Å². The summed E-state index contributed by atoms with van der Waals surface area (Å²) < 4.78 is 0. The van der Waals surface area contributed by atoms with Crippen LogP contribution in [0.5, 0.6) is 0 Å². The number of amides is 1. The lowest BCUT2D eigenvalue weighted by Crippen LogP contribution is -2.42. The molecular formula is C15H22ClN3O. The molecule has 1 fully saturated rings. The minimum Gasteiger partial charge on any atom is -0.373 e. The van der Waals surface area contributed by atoms with E-state index in [0.29, 0.717) is 22.5 Å². The van der Waals surface area contributed by atoms with E-state index >= 15 is 0 Å². The second kappa shape index (κ2) is 6.93. The average Bonchev–Trinajstić information content (AvgIpc) is 2.48. The highest BCUT2D eigenvalue weighted by Crippen LogP contribution is 2.27. The molecule has 1 aromatic rings. The van der Waals surface area contributed by atoms with Gasteiger partial charge in [0.1, 0.15) is 11.5 Å². The Labute approximate surface area is 125 Å². The first-order valence-electron chi connectivity index (χ1n) is 7.30. The Hall–Kier alpha value is -1.29. The van der Waals surface area contributed by atoms with Crippen molar-refractivity contribution in [2.24, 2.45) is 5.92 Å². The molecule has 2 rings (SSSR count). The Balaban J connectivity index is 2.11. The predicted molar refractivity (Wildman–Crippen MR) is 82.3 cm³/mol. The molecule has 1 heterocycles. The number of nitrogens with zero attached hydrogens (tertiary/aromatic N) is 1. The zero-order valence-corrected chi connectivity index (χ0v) is 12.8. The lowest BCUT2D eigenvalue weighted by molar-refractivity contribution is 0.0900. The van der Waals surface area contributed by atoms with Crippen molar-refractivity contribution < 1.29 is 4.79 Å². The highest BCUT2D eigenvalue weighted by Gasteiger charge is 2.26. The Morgan fingerprint density at radius 1 is 1.40 bits per heavy atom. The second-order valence-electron chi connectivity index (χ2n) is 5.31. The number of carbonyl (C=O) groups excluding carboxylic acids is 1. The quantitative estimate of drug-likeness (QED) is 0.894. The number of anilines is 1. The van der Waals surface area contributed by atoms with Crippen LogP contribution in [-0.2, 0) is 0 Å². The van der Waals surface area contributed by atoms with Gasteiger partial charge in [-0.1, -0.05) is 37.8 Å². The fourth-order valence-electron chi connectivity index (χ4n) is 2.86. The SMILES string of the molecule is CCC1CCCCC1NC(=O)c1nc(NC)ccc1Cl. The number of halogens is 1. The first-order chi connectivity index (χ1) is 9.65. The molecule has 1 saturated carbocycles. The molecule has 0 aliphatic heterocycles. The summed E-state index contributed by atoms with van der Waals surface area (Å²) in [5, 5.41) is 6.43. The van der Waals surface area contributed by atoms with Gasteiger partial charge in [0, 0.05) is 13.1 Å². The maximum Gasteiger partial charge on any atom is 0.271 e. The summed E-state index contributed by atoms with van der Waals surface area (Å²) in [6.45, 7) is 2.18.